The summed E-state index contributed by atoms with van der Waals surface area (Å²) in [6.07, 6.45) is -5.64. The highest BCUT2D eigenvalue weighted by Crippen LogP contribution is 2.45. The molecule has 0 amide bonds. The summed E-state index contributed by atoms with van der Waals surface area (Å²) in [5.74, 6) is -4.93. The van der Waals surface area contributed by atoms with E-state index < -0.39 is 18.1 Å². The van der Waals surface area contributed by atoms with E-state index in [1.807, 2.05) is 0 Å². The van der Waals surface area contributed by atoms with Gasteiger partial charge in [0.1, 0.15) is 6.04 Å². The van der Waals surface area contributed by atoms with Crippen LogP contribution in [0.4, 0.5) is 22.0 Å². The van der Waals surface area contributed by atoms with E-state index in [1.54, 1.807) is 0 Å². The molecule has 0 fully saturated rings. The number of rotatable bonds is 2. The fraction of sp³-hybridized carbons (Fsp3) is 0.429. The van der Waals surface area contributed by atoms with E-state index in [9.17, 15) is 22.0 Å². The molecule has 1 aromatic heterocycles. The molecule has 1 nitrogen and oxygen atoms in total. The van der Waals surface area contributed by atoms with Crippen molar-refractivity contribution >= 4 is 39.7 Å². The molecule has 0 aliphatic carbocycles. The van der Waals surface area contributed by atoms with Gasteiger partial charge in [0.2, 0.25) is 0 Å². The molecule has 2 N–H and O–H groups in total. The average molecular weight is 347 g/mol. The maximum absolute atomic E-state index is 12.8. The lowest BCUT2D eigenvalue weighted by Gasteiger charge is -2.25. The van der Waals surface area contributed by atoms with Gasteiger partial charge in [0.25, 0.3) is 0 Å². The third-order valence-corrected chi connectivity index (χ3v) is 3.65. The second kappa shape index (κ2) is 5.16. The zero-order chi connectivity index (χ0) is 11.9. The monoisotopic (exact) mass is 345 g/mol. The lowest BCUT2D eigenvalue weighted by molar-refractivity contribution is -0.290. The molecule has 1 rings (SSSR count). The van der Waals surface area contributed by atoms with Crippen LogP contribution in [0.2, 0.25) is 0 Å². The van der Waals surface area contributed by atoms with Crippen molar-refractivity contribution in [3.05, 3.63) is 20.8 Å². The van der Waals surface area contributed by atoms with Gasteiger partial charge in [-0.2, -0.15) is 22.0 Å². The molecule has 0 spiro atoms. The standard InChI is InChI=1S/C7H5BrF5NS.ClH/c8-3-1-2-15-4(3)5(14)6(9,10)7(11,12)13;/h1-2,5H,14H2;1H/t5-;/m0./s1. The Balaban J connectivity index is 0.00000225. The largest absolute Gasteiger partial charge is 0.455 e. The van der Waals surface area contributed by atoms with Crippen molar-refractivity contribution in [3.63, 3.8) is 0 Å². The minimum absolute atomic E-state index is 0. The third-order valence-electron chi connectivity index (χ3n) is 1.70. The first-order chi connectivity index (χ1) is 6.68. The predicted molar refractivity (Wildman–Crippen MR) is 57.2 cm³/mol. The Morgan fingerprint density at radius 3 is 2.06 bits per heavy atom. The van der Waals surface area contributed by atoms with Gasteiger partial charge in [-0.25, -0.2) is 0 Å². The molecule has 1 atom stereocenters. The van der Waals surface area contributed by atoms with E-state index in [1.165, 1.54) is 11.4 Å². The summed E-state index contributed by atoms with van der Waals surface area (Å²) in [5.41, 5.74) is 4.91. The molecule has 9 heteroatoms. The third kappa shape index (κ3) is 2.85. The number of halogens is 7. The van der Waals surface area contributed by atoms with E-state index in [0.29, 0.717) is 0 Å². The molecule has 0 saturated heterocycles. The van der Waals surface area contributed by atoms with Crippen molar-refractivity contribution in [2.75, 3.05) is 0 Å². The predicted octanol–water partition coefficient (Wildman–Crippen LogP) is 4.13. The molecular formula is C7H6BrClF5NS. The Hall–Kier alpha value is 0.0800. The fourth-order valence-electron chi connectivity index (χ4n) is 0.868. The van der Waals surface area contributed by atoms with Crippen LogP contribution in [-0.2, 0) is 0 Å². The first-order valence-corrected chi connectivity index (χ1v) is 5.28. The lowest BCUT2D eigenvalue weighted by Crippen LogP contribution is -2.45. The number of nitrogens with two attached hydrogens (primary N) is 1. The second-order valence-electron chi connectivity index (χ2n) is 2.73. The fourth-order valence-corrected chi connectivity index (χ4v) is 2.53. The van der Waals surface area contributed by atoms with Crippen LogP contribution < -0.4 is 5.73 Å². The maximum Gasteiger partial charge on any atom is 0.455 e. The summed E-state index contributed by atoms with van der Waals surface area (Å²) >= 11 is 3.60. The topological polar surface area (TPSA) is 26.0 Å². The minimum Gasteiger partial charge on any atom is -0.318 e. The summed E-state index contributed by atoms with van der Waals surface area (Å²) < 4.78 is 61.7. The minimum atomic E-state index is -5.64. The van der Waals surface area contributed by atoms with E-state index in [4.69, 9.17) is 5.73 Å². The Kier molecular flexibility index (Phi) is 5.18. The van der Waals surface area contributed by atoms with Crippen molar-refractivity contribution < 1.29 is 22.0 Å². The van der Waals surface area contributed by atoms with Crippen LogP contribution in [0, 0.1) is 0 Å². The van der Waals surface area contributed by atoms with E-state index >= 15 is 0 Å². The molecule has 0 unspecified atom stereocenters. The molecule has 0 bridgehead atoms. The molecule has 0 aromatic carbocycles. The van der Waals surface area contributed by atoms with Gasteiger partial charge in [0, 0.05) is 9.35 Å². The molecular weight excluding hydrogens is 340 g/mol. The van der Waals surface area contributed by atoms with Gasteiger partial charge >= 0.3 is 12.1 Å². The van der Waals surface area contributed by atoms with Crippen LogP contribution in [-0.4, -0.2) is 12.1 Å². The summed E-state index contributed by atoms with van der Waals surface area (Å²) in [4.78, 5) is -0.225. The molecule has 1 aromatic rings. The van der Waals surface area contributed by atoms with Crippen LogP contribution >= 0.6 is 39.7 Å². The number of alkyl halides is 5. The van der Waals surface area contributed by atoms with Crippen molar-refractivity contribution in [1.29, 1.82) is 0 Å². The van der Waals surface area contributed by atoms with E-state index in [2.05, 4.69) is 15.9 Å². The van der Waals surface area contributed by atoms with Crippen molar-refractivity contribution in [3.8, 4) is 0 Å². The van der Waals surface area contributed by atoms with E-state index in [-0.39, 0.29) is 21.8 Å². The lowest BCUT2D eigenvalue weighted by atomic mass is 10.1. The van der Waals surface area contributed by atoms with Gasteiger partial charge in [-0.3, -0.25) is 0 Å². The van der Waals surface area contributed by atoms with Crippen LogP contribution in [0.5, 0.6) is 0 Å². The van der Waals surface area contributed by atoms with Gasteiger partial charge in [-0.15, -0.1) is 23.7 Å². The van der Waals surface area contributed by atoms with Crippen molar-refractivity contribution in [1.82, 2.24) is 0 Å². The Morgan fingerprint density at radius 1 is 1.25 bits per heavy atom. The summed E-state index contributed by atoms with van der Waals surface area (Å²) in [5, 5.41) is 1.38. The van der Waals surface area contributed by atoms with Crippen molar-refractivity contribution in [2.45, 2.75) is 18.1 Å². The highest BCUT2D eigenvalue weighted by atomic mass is 79.9. The Labute approximate surface area is 106 Å². The smallest absolute Gasteiger partial charge is 0.318 e. The summed E-state index contributed by atoms with van der Waals surface area (Å²) in [6, 6.07) is -1.02. The van der Waals surface area contributed by atoms with Crippen molar-refractivity contribution in [2.24, 2.45) is 5.73 Å². The highest BCUT2D eigenvalue weighted by Gasteiger charge is 2.62. The average Bonchev–Trinajstić information content (AvgIpc) is 2.48. The zero-order valence-electron chi connectivity index (χ0n) is 7.39. The molecule has 0 aliphatic rings. The zero-order valence-corrected chi connectivity index (χ0v) is 10.6. The van der Waals surface area contributed by atoms with Crippen LogP contribution in [0.25, 0.3) is 0 Å². The second-order valence-corrected chi connectivity index (χ2v) is 4.53. The van der Waals surface area contributed by atoms with Gasteiger partial charge < -0.3 is 5.73 Å². The maximum atomic E-state index is 12.8. The molecule has 0 aliphatic heterocycles. The van der Waals surface area contributed by atoms with E-state index in [0.717, 1.165) is 11.3 Å². The Morgan fingerprint density at radius 2 is 1.75 bits per heavy atom. The van der Waals surface area contributed by atoms with Crippen LogP contribution in [0.3, 0.4) is 0 Å². The van der Waals surface area contributed by atoms with Gasteiger partial charge in [-0.1, -0.05) is 0 Å². The summed E-state index contributed by atoms with van der Waals surface area (Å²) in [6.45, 7) is 0. The SMILES string of the molecule is Cl.N[C@@H](c1sccc1Br)C(F)(F)C(F)(F)F. The highest BCUT2D eigenvalue weighted by molar-refractivity contribution is 9.10. The number of thiophene rings is 1. The first-order valence-electron chi connectivity index (χ1n) is 3.61. The Bertz CT molecular complexity index is 353. The van der Waals surface area contributed by atoms with Crippen LogP contribution in [0.1, 0.15) is 10.9 Å². The van der Waals surface area contributed by atoms with Gasteiger partial charge in [0.15, 0.2) is 0 Å². The molecule has 1 heterocycles. The number of hydrogen-bond acceptors (Lipinski definition) is 2. The number of hydrogen-bond donors (Lipinski definition) is 1. The van der Waals surface area contributed by atoms with Gasteiger partial charge in [0.05, 0.1) is 0 Å². The van der Waals surface area contributed by atoms with Crippen LogP contribution in [0.15, 0.2) is 15.9 Å². The normalized spacial score (nSPS) is 14.4. The molecule has 0 saturated carbocycles. The molecule has 0 radical (unpaired) electrons. The molecule has 16 heavy (non-hydrogen) atoms. The first kappa shape index (κ1) is 16.1. The van der Waals surface area contributed by atoms with Gasteiger partial charge in [-0.05, 0) is 27.4 Å². The molecule has 94 valence electrons. The quantitative estimate of drug-likeness (QED) is 0.801. The summed E-state index contributed by atoms with van der Waals surface area (Å²) in [7, 11) is 0.